The van der Waals surface area contributed by atoms with Crippen molar-refractivity contribution in [3.8, 4) is 0 Å². The topological polar surface area (TPSA) is 103 Å². The van der Waals surface area contributed by atoms with Crippen molar-refractivity contribution in [2.45, 2.75) is 77.3 Å². The molecule has 1 saturated carbocycles. The fourth-order valence-corrected chi connectivity index (χ4v) is 7.56. The van der Waals surface area contributed by atoms with E-state index < -0.39 is 6.04 Å². The Bertz CT molecular complexity index is 1220. The Morgan fingerprint density at radius 1 is 1.12 bits per heavy atom. The third-order valence-corrected chi connectivity index (χ3v) is 10.1. The van der Waals surface area contributed by atoms with E-state index in [1.54, 1.807) is 18.3 Å². The molecule has 3 amide bonds. The number of aromatic nitrogens is 1. The number of thiazole rings is 1. The van der Waals surface area contributed by atoms with Crippen molar-refractivity contribution in [3.63, 3.8) is 0 Å². The molecule has 0 spiro atoms. The van der Waals surface area contributed by atoms with E-state index in [9.17, 15) is 14.4 Å². The van der Waals surface area contributed by atoms with Gasteiger partial charge in [-0.05, 0) is 42.4 Å². The summed E-state index contributed by atoms with van der Waals surface area (Å²) in [5.74, 6) is 2.29. The number of benzene rings is 1. The average molecular weight is 600 g/mol. The van der Waals surface area contributed by atoms with Crippen LogP contribution in [0.3, 0.4) is 0 Å². The van der Waals surface area contributed by atoms with Crippen LogP contribution in [-0.4, -0.2) is 77.4 Å². The molecule has 0 unspecified atom stereocenters. The fraction of sp³-hybridized carbons (Fsp3) is 0.613. The van der Waals surface area contributed by atoms with Crippen molar-refractivity contribution in [2.24, 2.45) is 5.92 Å². The Hall–Kier alpha value is -2.43. The van der Waals surface area contributed by atoms with Gasteiger partial charge in [0.1, 0.15) is 6.04 Å². The molecule has 10 heteroatoms. The molecule has 0 bridgehead atoms. The number of carbonyl (C=O) groups excluding carboxylic acids is 3. The molecule has 224 valence electrons. The van der Waals surface area contributed by atoms with Gasteiger partial charge in [-0.1, -0.05) is 46.3 Å². The molecule has 1 aliphatic carbocycles. The maximum atomic E-state index is 13.7. The van der Waals surface area contributed by atoms with Crippen LogP contribution in [0.15, 0.2) is 30.4 Å². The van der Waals surface area contributed by atoms with Gasteiger partial charge >= 0.3 is 0 Å². The summed E-state index contributed by atoms with van der Waals surface area (Å²) in [6.45, 7) is 13.0. The number of nitrogens with zero attached hydrogens (tertiary/aromatic N) is 2. The maximum absolute atomic E-state index is 13.7. The van der Waals surface area contributed by atoms with Gasteiger partial charge in [0.05, 0.1) is 15.2 Å². The highest BCUT2D eigenvalue weighted by molar-refractivity contribution is 7.99. The molecule has 8 nitrogen and oxygen atoms in total. The van der Waals surface area contributed by atoms with Crippen molar-refractivity contribution in [1.29, 1.82) is 0 Å². The zero-order valence-corrected chi connectivity index (χ0v) is 26.3. The van der Waals surface area contributed by atoms with Crippen LogP contribution < -0.4 is 16.0 Å². The molecule has 4 rings (SSSR count). The molecule has 3 N–H and O–H groups in total. The molecule has 1 aromatic heterocycles. The third-order valence-electron chi connectivity index (χ3n) is 8.09. The third kappa shape index (κ3) is 9.03. The van der Waals surface area contributed by atoms with E-state index in [4.69, 9.17) is 4.98 Å². The summed E-state index contributed by atoms with van der Waals surface area (Å²) in [4.78, 5) is 46.0. The summed E-state index contributed by atoms with van der Waals surface area (Å²) >= 11 is 3.51. The SMILES string of the molecule is C=C(CN1CCSCC1)C(=O)NC[C@@H](NC(=O)[C@H](Cc1nc2ccc(C(C)C)cc2s1)NC(=O)CC)C1CCCC1. The fourth-order valence-electron chi connectivity index (χ4n) is 5.52. The van der Waals surface area contributed by atoms with Crippen molar-refractivity contribution >= 4 is 51.0 Å². The molecule has 2 atom stereocenters. The average Bonchev–Trinajstić information content (AvgIpc) is 3.64. The first kappa shape index (κ1) is 31.5. The summed E-state index contributed by atoms with van der Waals surface area (Å²) in [5, 5.41) is 9.99. The molecular weight excluding hydrogens is 555 g/mol. The highest BCUT2D eigenvalue weighted by atomic mass is 32.2. The molecular formula is C31H45N5O3S2. The van der Waals surface area contributed by atoms with Gasteiger partial charge in [-0.25, -0.2) is 4.98 Å². The number of thioether (sulfide) groups is 1. The molecule has 2 fully saturated rings. The van der Waals surface area contributed by atoms with Crippen LogP contribution in [0, 0.1) is 5.92 Å². The summed E-state index contributed by atoms with van der Waals surface area (Å²) in [5.41, 5.74) is 2.71. The molecule has 2 heterocycles. The summed E-state index contributed by atoms with van der Waals surface area (Å²) in [6, 6.07) is 5.34. The Morgan fingerprint density at radius 2 is 1.85 bits per heavy atom. The van der Waals surface area contributed by atoms with E-state index in [1.165, 1.54) is 5.56 Å². The van der Waals surface area contributed by atoms with Crippen LogP contribution in [0.1, 0.15) is 69.4 Å². The second kappa shape index (κ2) is 15.2. The van der Waals surface area contributed by atoms with Crippen LogP contribution >= 0.6 is 23.1 Å². The number of carbonyl (C=O) groups is 3. The van der Waals surface area contributed by atoms with Gasteiger partial charge in [0, 0.05) is 62.1 Å². The first-order chi connectivity index (χ1) is 19.7. The van der Waals surface area contributed by atoms with Crippen molar-refractivity contribution in [1.82, 2.24) is 25.8 Å². The van der Waals surface area contributed by atoms with Crippen LogP contribution in [-0.2, 0) is 20.8 Å². The highest BCUT2D eigenvalue weighted by Crippen LogP contribution is 2.29. The Labute approximate surface area is 252 Å². The standard InChI is InChI=1S/C31H45N5O3S2/c1-5-28(37)33-25(17-29-34-24-11-10-23(20(2)3)16-27(24)41-29)31(39)35-26(22-8-6-7-9-22)18-32-30(38)21(4)19-36-12-14-40-15-13-36/h10-11,16,20,22,25-26H,4-9,12-15,17-19H2,1-3H3,(H,32,38)(H,33,37)(H,35,39)/t25-,26+/m0/s1. The lowest BCUT2D eigenvalue weighted by molar-refractivity contribution is -0.129. The number of amides is 3. The van der Waals surface area contributed by atoms with Crippen LogP contribution in [0.2, 0.25) is 0 Å². The lowest BCUT2D eigenvalue weighted by atomic mass is 9.97. The van der Waals surface area contributed by atoms with E-state index >= 15 is 0 Å². The molecule has 0 radical (unpaired) electrons. The van der Waals surface area contributed by atoms with Gasteiger partial charge in [0.2, 0.25) is 17.7 Å². The maximum Gasteiger partial charge on any atom is 0.247 e. The first-order valence-corrected chi connectivity index (χ1v) is 17.0. The normalized spacial score (nSPS) is 17.9. The van der Waals surface area contributed by atoms with Gasteiger partial charge in [0.15, 0.2) is 0 Å². The van der Waals surface area contributed by atoms with Crippen LogP contribution in [0.4, 0.5) is 0 Å². The van der Waals surface area contributed by atoms with Gasteiger partial charge in [-0.3, -0.25) is 19.3 Å². The minimum Gasteiger partial charge on any atom is -0.350 e. The smallest absolute Gasteiger partial charge is 0.247 e. The summed E-state index contributed by atoms with van der Waals surface area (Å²) in [6.07, 6.45) is 4.86. The minimum absolute atomic E-state index is 0.161. The lowest BCUT2D eigenvalue weighted by Gasteiger charge is -2.29. The summed E-state index contributed by atoms with van der Waals surface area (Å²) in [7, 11) is 0. The van der Waals surface area contributed by atoms with Gasteiger partial charge in [-0.2, -0.15) is 11.8 Å². The number of hydrogen-bond acceptors (Lipinski definition) is 7. The monoisotopic (exact) mass is 599 g/mol. The second-order valence-electron chi connectivity index (χ2n) is 11.5. The lowest BCUT2D eigenvalue weighted by Crippen LogP contribution is -2.55. The molecule has 1 aromatic carbocycles. The predicted octanol–water partition coefficient (Wildman–Crippen LogP) is 4.25. The molecule has 2 aliphatic rings. The zero-order chi connectivity index (χ0) is 29.4. The number of fused-ring (bicyclic) bond motifs is 1. The van der Waals surface area contributed by atoms with E-state index in [0.29, 0.717) is 37.4 Å². The zero-order valence-electron chi connectivity index (χ0n) is 24.7. The molecule has 1 saturated heterocycles. The van der Waals surface area contributed by atoms with Crippen molar-refractivity contribution < 1.29 is 14.4 Å². The van der Waals surface area contributed by atoms with Crippen LogP contribution in [0.5, 0.6) is 0 Å². The van der Waals surface area contributed by atoms with E-state index in [-0.39, 0.29) is 29.7 Å². The molecule has 41 heavy (non-hydrogen) atoms. The number of hydrogen-bond donors (Lipinski definition) is 3. The van der Waals surface area contributed by atoms with Gasteiger partial charge in [-0.15, -0.1) is 11.3 Å². The minimum atomic E-state index is -0.737. The Morgan fingerprint density at radius 3 is 2.54 bits per heavy atom. The quantitative estimate of drug-likeness (QED) is 0.298. The van der Waals surface area contributed by atoms with Crippen molar-refractivity contribution in [2.75, 3.05) is 37.7 Å². The largest absolute Gasteiger partial charge is 0.350 e. The van der Waals surface area contributed by atoms with Crippen molar-refractivity contribution in [3.05, 3.63) is 40.9 Å². The molecule has 1 aliphatic heterocycles. The van der Waals surface area contributed by atoms with Crippen LogP contribution in [0.25, 0.3) is 10.2 Å². The van der Waals surface area contributed by atoms with E-state index in [0.717, 1.165) is 65.5 Å². The molecule has 2 aromatic rings. The van der Waals surface area contributed by atoms with Gasteiger partial charge < -0.3 is 16.0 Å². The van der Waals surface area contributed by atoms with E-state index in [1.807, 2.05) is 17.8 Å². The summed E-state index contributed by atoms with van der Waals surface area (Å²) < 4.78 is 1.09. The Balaban J connectivity index is 1.42. The highest BCUT2D eigenvalue weighted by Gasteiger charge is 2.31. The number of nitrogens with one attached hydrogen (secondary N) is 3. The number of rotatable bonds is 13. The van der Waals surface area contributed by atoms with Gasteiger partial charge in [0.25, 0.3) is 0 Å². The Kier molecular flexibility index (Phi) is 11.6. The van der Waals surface area contributed by atoms with E-state index in [2.05, 4.69) is 53.4 Å². The second-order valence-corrected chi connectivity index (χ2v) is 13.9. The first-order valence-electron chi connectivity index (χ1n) is 15.0. The predicted molar refractivity (Wildman–Crippen MR) is 169 cm³/mol.